The van der Waals surface area contributed by atoms with E-state index >= 15 is 0 Å². The van der Waals surface area contributed by atoms with Crippen molar-refractivity contribution in [1.29, 1.82) is 0 Å². The Balaban J connectivity index is 1.80. The number of sulfonamides is 1. The number of rotatable bonds is 5. The van der Waals surface area contributed by atoms with Crippen molar-refractivity contribution < 1.29 is 26.4 Å². The van der Waals surface area contributed by atoms with Gasteiger partial charge in [0.2, 0.25) is 10.0 Å². The fraction of sp³-hybridized carbons (Fsp3) is 0.227. The first-order chi connectivity index (χ1) is 14.3. The highest BCUT2D eigenvalue weighted by Crippen LogP contribution is 2.31. The summed E-state index contributed by atoms with van der Waals surface area (Å²) in [5.41, 5.74) is 1.36. The second-order valence-corrected chi connectivity index (χ2v) is 9.17. The number of anilines is 1. The minimum Gasteiger partial charge on any atom is -0.346 e. The van der Waals surface area contributed by atoms with Crippen LogP contribution in [0.15, 0.2) is 54.6 Å². The third-order valence-electron chi connectivity index (χ3n) is 4.82. The number of amides is 1. The van der Waals surface area contributed by atoms with Gasteiger partial charge in [-0.2, -0.15) is 13.2 Å². The van der Waals surface area contributed by atoms with Gasteiger partial charge in [-0.25, -0.2) is 8.42 Å². The Morgan fingerprint density at radius 1 is 0.968 bits per heavy atom. The van der Waals surface area contributed by atoms with Crippen LogP contribution in [0.3, 0.4) is 0 Å². The number of nitrogens with one attached hydrogen (secondary N) is 2. The van der Waals surface area contributed by atoms with Crippen molar-refractivity contribution in [2.45, 2.75) is 26.1 Å². The molecule has 1 atom stereocenters. The van der Waals surface area contributed by atoms with E-state index in [-0.39, 0.29) is 5.56 Å². The molecule has 0 aliphatic carbocycles. The highest BCUT2D eigenvalue weighted by Gasteiger charge is 2.30. The van der Waals surface area contributed by atoms with Gasteiger partial charge < -0.3 is 5.32 Å². The summed E-state index contributed by atoms with van der Waals surface area (Å²) in [6, 6.07) is 12.7. The van der Waals surface area contributed by atoms with Crippen molar-refractivity contribution in [2.75, 3.05) is 11.0 Å². The predicted molar refractivity (Wildman–Crippen MR) is 114 cm³/mol. The predicted octanol–water partition coefficient (Wildman–Crippen LogP) is 5.03. The van der Waals surface area contributed by atoms with E-state index in [1.54, 1.807) is 44.2 Å². The highest BCUT2D eigenvalue weighted by atomic mass is 32.2. The lowest BCUT2D eigenvalue weighted by molar-refractivity contribution is -0.137. The largest absolute Gasteiger partial charge is 0.416 e. The molecular formula is C22H21F3N2O3S. The number of fused-ring (bicyclic) bond motifs is 1. The highest BCUT2D eigenvalue weighted by molar-refractivity contribution is 7.92. The maximum absolute atomic E-state index is 13.0. The Bertz CT molecular complexity index is 1250. The summed E-state index contributed by atoms with van der Waals surface area (Å²) in [5.74, 6) is -0.428. The molecule has 9 heteroatoms. The summed E-state index contributed by atoms with van der Waals surface area (Å²) < 4.78 is 64.2. The van der Waals surface area contributed by atoms with Crippen LogP contribution in [-0.4, -0.2) is 20.6 Å². The van der Waals surface area contributed by atoms with Crippen LogP contribution in [-0.2, 0) is 16.2 Å². The molecule has 3 aromatic carbocycles. The second-order valence-electron chi connectivity index (χ2n) is 7.42. The fourth-order valence-electron chi connectivity index (χ4n) is 3.20. The molecule has 0 fully saturated rings. The molecule has 0 saturated carbocycles. The summed E-state index contributed by atoms with van der Waals surface area (Å²) in [5, 5.41) is 3.74. The molecule has 2 N–H and O–H groups in total. The molecule has 5 nitrogen and oxygen atoms in total. The van der Waals surface area contributed by atoms with E-state index in [4.69, 9.17) is 0 Å². The smallest absolute Gasteiger partial charge is 0.346 e. The van der Waals surface area contributed by atoms with Gasteiger partial charge in [0.05, 0.1) is 23.5 Å². The Labute approximate surface area is 178 Å². The normalized spacial score (nSPS) is 13.1. The third kappa shape index (κ3) is 5.55. The van der Waals surface area contributed by atoms with Crippen LogP contribution in [0, 0.1) is 6.92 Å². The molecule has 0 spiro atoms. The zero-order valence-electron chi connectivity index (χ0n) is 17.0. The zero-order chi connectivity index (χ0) is 23.0. The number of hydrogen-bond donors (Lipinski definition) is 2. The van der Waals surface area contributed by atoms with E-state index in [0.29, 0.717) is 22.0 Å². The van der Waals surface area contributed by atoms with Crippen LogP contribution >= 0.6 is 0 Å². The van der Waals surface area contributed by atoms with Gasteiger partial charge in [-0.1, -0.05) is 24.3 Å². The molecule has 0 aromatic heterocycles. The Morgan fingerprint density at radius 3 is 2.26 bits per heavy atom. The van der Waals surface area contributed by atoms with E-state index in [2.05, 4.69) is 10.0 Å². The number of hydrogen-bond acceptors (Lipinski definition) is 3. The Morgan fingerprint density at radius 2 is 1.65 bits per heavy atom. The van der Waals surface area contributed by atoms with Crippen molar-refractivity contribution in [3.05, 3.63) is 76.9 Å². The standard InChI is InChI=1S/C22H21F3N2O3S/c1-13-10-16(7-9-20(13)27-31(3,29)30)14(2)26-21(28)17-5-4-15-6-8-19(22(23,24)25)12-18(15)11-17/h4-12,14,27H,1-3H3,(H,26,28). The minimum atomic E-state index is -4.46. The average molecular weight is 450 g/mol. The quantitative estimate of drug-likeness (QED) is 0.573. The molecule has 0 bridgehead atoms. The number of benzene rings is 3. The van der Waals surface area contributed by atoms with E-state index in [1.807, 2.05) is 0 Å². The van der Waals surface area contributed by atoms with Crippen molar-refractivity contribution in [3.8, 4) is 0 Å². The van der Waals surface area contributed by atoms with Gasteiger partial charge >= 0.3 is 6.18 Å². The van der Waals surface area contributed by atoms with Gasteiger partial charge in [0.1, 0.15) is 0 Å². The molecule has 31 heavy (non-hydrogen) atoms. The van der Waals surface area contributed by atoms with Crippen LogP contribution in [0.2, 0.25) is 0 Å². The van der Waals surface area contributed by atoms with Crippen LogP contribution < -0.4 is 10.0 Å². The summed E-state index contributed by atoms with van der Waals surface area (Å²) >= 11 is 0. The zero-order valence-corrected chi connectivity index (χ0v) is 17.9. The van der Waals surface area contributed by atoms with Gasteiger partial charge in [0.25, 0.3) is 5.91 Å². The minimum absolute atomic E-state index is 0.241. The summed E-state index contributed by atoms with van der Waals surface area (Å²) in [7, 11) is -3.41. The van der Waals surface area contributed by atoms with Gasteiger partial charge in [-0.3, -0.25) is 9.52 Å². The van der Waals surface area contributed by atoms with Gasteiger partial charge in [-0.05, 0) is 66.1 Å². The van der Waals surface area contributed by atoms with Crippen molar-refractivity contribution in [1.82, 2.24) is 5.32 Å². The lowest BCUT2D eigenvalue weighted by Gasteiger charge is -2.17. The van der Waals surface area contributed by atoms with Gasteiger partial charge in [0, 0.05) is 5.56 Å². The van der Waals surface area contributed by atoms with E-state index in [0.717, 1.165) is 24.0 Å². The monoisotopic (exact) mass is 450 g/mol. The van der Waals surface area contributed by atoms with Crippen LogP contribution in [0.25, 0.3) is 10.8 Å². The molecule has 0 aliphatic heterocycles. The van der Waals surface area contributed by atoms with Gasteiger partial charge in [-0.15, -0.1) is 0 Å². The lowest BCUT2D eigenvalue weighted by Crippen LogP contribution is -2.26. The first kappa shape index (κ1) is 22.6. The molecule has 1 unspecified atom stereocenters. The molecule has 0 saturated heterocycles. The summed E-state index contributed by atoms with van der Waals surface area (Å²) in [6.07, 6.45) is -3.40. The fourth-order valence-corrected chi connectivity index (χ4v) is 3.83. The van der Waals surface area contributed by atoms with Crippen LogP contribution in [0.4, 0.5) is 18.9 Å². The number of alkyl halides is 3. The lowest BCUT2D eigenvalue weighted by atomic mass is 10.0. The number of halogens is 3. The molecular weight excluding hydrogens is 429 g/mol. The number of carbonyl (C=O) groups is 1. The van der Waals surface area contributed by atoms with E-state index in [9.17, 15) is 26.4 Å². The molecule has 3 rings (SSSR count). The number of carbonyl (C=O) groups excluding carboxylic acids is 1. The van der Waals surface area contributed by atoms with E-state index < -0.39 is 33.7 Å². The second kappa shape index (κ2) is 8.22. The van der Waals surface area contributed by atoms with Gasteiger partial charge in [0.15, 0.2) is 0 Å². The molecule has 0 radical (unpaired) electrons. The Kier molecular flexibility index (Phi) is 6.00. The van der Waals surface area contributed by atoms with E-state index in [1.165, 1.54) is 12.1 Å². The van der Waals surface area contributed by atoms with Crippen LogP contribution in [0.5, 0.6) is 0 Å². The average Bonchev–Trinajstić information content (AvgIpc) is 2.66. The van der Waals surface area contributed by atoms with Crippen LogP contribution in [0.1, 0.15) is 40.0 Å². The third-order valence-corrected chi connectivity index (χ3v) is 5.41. The number of aryl methyl sites for hydroxylation is 1. The van der Waals surface area contributed by atoms with Crippen molar-refractivity contribution >= 4 is 32.4 Å². The SMILES string of the molecule is Cc1cc(C(C)NC(=O)c2ccc3ccc(C(F)(F)F)cc3c2)ccc1NS(C)(=O)=O. The molecule has 0 heterocycles. The Hall–Kier alpha value is -3.07. The summed E-state index contributed by atoms with van der Waals surface area (Å²) in [6.45, 7) is 3.51. The maximum atomic E-state index is 13.0. The molecule has 0 aliphatic rings. The topological polar surface area (TPSA) is 75.3 Å². The first-order valence-electron chi connectivity index (χ1n) is 9.34. The molecule has 1 amide bonds. The maximum Gasteiger partial charge on any atom is 0.416 e. The summed E-state index contributed by atoms with van der Waals surface area (Å²) in [4.78, 5) is 12.7. The molecule has 3 aromatic rings. The first-order valence-corrected chi connectivity index (χ1v) is 11.2. The molecule has 164 valence electrons. The van der Waals surface area contributed by atoms with Crippen molar-refractivity contribution in [3.63, 3.8) is 0 Å². The van der Waals surface area contributed by atoms with Crippen molar-refractivity contribution in [2.24, 2.45) is 0 Å².